The summed E-state index contributed by atoms with van der Waals surface area (Å²) in [5.74, 6) is 0.598. The van der Waals surface area contributed by atoms with Crippen molar-refractivity contribution < 1.29 is 9.90 Å². The molecule has 1 fully saturated rings. The molecular formula is C13H25NO2. The molecule has 2 unspecified atom stereocenters. The molecule has 0 aromatic rings. The van der Waals surface area contributed by atoms with Crippen LogP contribution in [0.25, 0.3) is 0 Å². The molecule has 2 N–H and O–H groups in total. The highest BCUT2D eigenvalue weighted by Crippen LogP contribution is 2.19. The average Bonchev–Trinajstić information content (AvgIpc) is 2.29. The van der Waals surface area contributed by atoms with Gasteiger partial charge in [0, 0.05) is 6.42 Å². The zero-order valence-corrected chi connectivity index (χ0v) is 10.5. The van der Waals surface area contributed by atoms with Gasteiger partial charge in [-0.1, -0.05) is 39.5 Å². The minimum atomic E-state index is -0.334. The number of rotatable bonds is 5. The summed E-state index contributed by atoms with van der Waals surface area (Å²) in [7, 11) is 0. The summed E-state index contributed by atoms with van der Waals surface area (Å²) in [6.07, 6.45) is 6.34. The fourth-order valence-electron chi connectivity index (χ4n) is 2.38. The van der Waals surface area contributed by atoms with Crippen molar-refractivity contribution in [2.24, 2.45) is 5.92 Å². The van der Waals surface area contributed by atoms with Crippen LogP contribution in [0.3, 0.4) is 0 Å². The molecule has 3 heteroatoms. The lowest BCUT2D eigenvalue weighted by atomic mass is 9.92. The molecule has 1 rings (SSSR count). The van der Waals surface area contributed by atoms with Crippen molar-refractivity contribution in [1.29, 1.82) is 0 Å². The van der Waals surface area contributed by atoms with E-state index in [1.807, 2.05) is 0 Å². The van der Waals surface area contributed by atoms with Crippen LogP contribution in [0.2, 0.25) is 0 Å². The molecule has 1 aliphatic carbocycles. The van der Waals surface area contributed by atoms with Crippen molar-refractivity contribution in [2.45, 2.75) is 70.9 Å². The zero-order chi connectivity index (χ0) is 12.0. The van der Waals surface area contributed by atoms with E-state index in [1.54, 1.807) is 0 Å². The first-order valence-corrected chi connectivity index (χ1v) is 6.64. The predicted molar refractivity (Wildman–Crippen MR) is 65.1 cm³/mol. The normalized spacial score (nSPS) is 25.8. The Morgan fingerprint density at radius 3 is 2.50 bits per heavy atom. The van der Waals surface area contributed by atoms with Crippen LogP contribution in [0.1, 0.15) is 58.8 Å². The highest BCUT2D eigenvalue weighted by Gasteiger charge is 2.24. The number of hydrogen-bond acceptors (Lipinski definition) is 2. The van der Waals surface area contributed by atoms with Gasteiger partial charge in [0.2, 0.25) is 5.91 Å². The van der Waals surface area contributed by atoms with E-state index in [2.05, 4.69) is 19.2 Å². The lowest BCUT2D eigenvalue weighted by Crippen LogP contribution is -2.45. The summed E-state index contributed by atoms with van der Waals surface area (Å²) in [5, 5.41) is 12.7. The molecular weight excluding hydrogens is 202 g/mol. The maximum Gasteiger partial charge on any atom is 0.220 e. The summed E-state index contributed by atoms with van der Waals surface area (Å²) >= 11 is 0. The van der Waals surface area contributed by atoms with Crippen LogP contribution in [-0.4, -0.2) is 23.2 Å². The van der Waals surface area contributed by atoms with Crippen molar-refractivity contribution in [1.82, 2.24) is 5.32 Å². The highest BCUT2D eigenvalue weighted by atomic mass is 16.3. The third kappa shape index (κ3) is 4.12. The van der Waals surface area contributed by atoms with Crippen LogP contribution in [0.15, 0.2) is 0 Å². The Morgan fingerprint density at radius 1 is 1.31 bits per heavy atom. The van der Waals surface area contributed by atoms with Gasteiger partial charge in [-0.15, -0.1) is 0 Å². The van der Waals surface area contributed by atoms with Crippen molar-refractivity contribution in [3.8, 4) is 0 Å². The van der Waals surface area contributed by atoms with Gasteiger partial charge in [-0.05, 0) is 18.8 Å². The summed E-state index contributed by atoms with van der Waals surface area (Å²) in [6.45, 7) is 4.24. The second-order valence-electron chi connectivity index (χ2n) is 4.91. The van der Waals surface area contributed by atoms with Crippen molar-refractivity contribution in [3.05, 3.63) is 0 Å². The fraction of sp³-hybridized carbons (Fsp3) is 0.923. The molecule has 0 saturated heterocycles. The molecule has 0 spiro atoms. The van der Waals surface area contributed by atoms with E-state index in [0.717, 1.165) is 38.5 Å². The summed E-state index contributed by atoms with van der Waals surface area (Å²) < 4.78 is 0. The highest BCUT2D eigenvalue weighted by molar-refractivity contribution is 5.76. The van der Waals surface area contributed by atoms with Crippen LogP contribution in [-0.2, 0) is 4.79 Å². The number of hydrogen-bond donors (Lipinski definition) is 2. The molecule has 0 radical (unpaired) electrons. The van der Waals surface area contributed by atoms with Gasteiger partial charge < -0.3 is 10.4 Å². The van der Waals surface area contributed by atoms with Gasteiger partial charge in [0.25, 0.3) is 0 Å². The summed E-state index contributed by atoms with van der Waals surface area (Å²) in [5.41, 5.74) is 0. The number of carbonyl (C=O) groups is 1. The fourth-order valence-corrected chi connectivity index (χ4v) is 2.38. The summed E-state index contributed by atoms with van der Waals surface area (Å²) in [4.78, 5) is 11.8. The molecule has 1 amide bonds. The third-order valence-electron chi connectivity index (χ3n) is 3.70. The first kappa shape index (κ1) is 13.5. The van der Waals surface area contributed by atoms with E-state index >= 15 is 0 Å². The molecule has 0 bridgehead atoms. The maximum atomic E-state index is 11.8. The predicted octanol–water partition coefficient (Wildman–Crippen LogP) is 2.23. The van der Waals surface area contributed by atoms with Gasteiger partial charge in [0.05, 0.1) is 12.1 Å². The first-order valence-electron chi connectivity index (χ1n) is 6.64. The van der Waals surface area contributed by atoms with Crippen molar-refractivity contribution in [3.63, 3.8) is 0 Å². The van der Waals surface area contributed by atoms with E-state index < -0.39 is 0 Å². The summed E-state index contributed by atoms with van der Waals surface area (Å²) in [6, 6.07) is -0.00406. The number of amides is 1. The Bertz CT molecular complexity index is 214. The molecule has 94 valence electrons. The number of nitrogens with one attached hydrogen (secondary N) is 1. The van der Waals surface area contributed by atoms with Gasteiger partial charge in [-0.2, -0.15) is 0 Å². The van der Waals surface area contributed by atoms with Crippen molar-refractivity contribution in [2.75, 3.05) is 0 Å². The van der Waals surface area contributed by atoms with Crippen LogP contribution in [0.4, 0.5) is 0 Å². The quantitative estimate of drug-likeness (QED) is 0.756. The zero-order valence-electron chi connectivity index (χ0n) is 10.5. The Hall–Kier alpha value is -0.570. The second kappa shape index (κ2) is 6.89. The number of carbonyl (C=O) groups excluding carboxylic acids is 1. The minimum Gasteiger partial charge on any atom is -0.391 e. The molecule has 0 heterocycles. The third-order valence-corrected chi connectivity index (χ3v) is 3.70. The smallest absolute Gasteiger partial charge is 0.220 e. The van der Waals surface area contributed by atoms with E-state index in [-0.39, 0.29) is 18.1 Å². The van der Waals surface area contributed by atoms with E-state index in [1.165, 1.54) is 0 Å². The molecule has 16 heavy (non-hydrogen) atoms. The van der Waals surface area contributed by atoms with Crippen molar-refractivity contribution >= 4 is 5.91 Å². The number of aliphatic hydroxyl groups is 1. The standard InChI is InChI=1S/C13H25NO2/c1-3-10(4-2)9-13(16)14-11-7-5-6-8-12(11)15/h10-12,15H,3-9H2,1-2H3,(H,14,16). The van der Waals surface area contributed by atoms with Gasteiger partial charge in [0.1, 0.15) is 0 Å². The van der Waals surface area contributed by atoms with Gasteiger partial charge >= 0.3 is 0 Å². The van der Waals surface area contributed by atoms with E-state index in [9.17, 15) is 9.90 Å². The van der Waals surface area contributed by atoms with Crippen LogP contribution >= 0.6 is 0 Å². The van der Waals surface area contributed by atoms with Gasteiger partial charge in [-0.3, -0.25) is 4.79 Å². The second-order valence-corrected chi connectivity index (χ2v) is 4.91. The first-order chi connectivity index (χ1) is 7.67. The monoisotopic (exact) mass is 227 g/mol. The van der Waals surface area contributed by atoms with Crippen LogP contribution < -0.4 is 5.32 Å². The van der Waals surface area contributed by atoms with E-state index in [0.29, 0.717) is 12.3 Å². The Morgan fingerprint density at radius 2 is 1.94 bits per heavy atom. The Balaban J connectivity index is 2.32. The molecule has 0 aromatic heterocycles. The van der Waals surface area contributed by atoms with Crippen LogP contribution in [0, 0.1) is 5.92 Å². The molecule has 1 saturated carbocycles. The minimum absolute atomic E-state index is 0.00406. The van der Waals surface area contributed by atoms with Gasteiger partial charge in [-0.25, -0.2) is 0 Å². The largest absolute Gasteiger partial charge is 0.391 e. The topological polar surface area (TPSA) is 49.3 Å². The molecule has 2 atom stereocenters. The molecule has 0 aromatic carbocycles. The van der Waals surface area contributed by atoms with E-state index in [4.69, 9.17) is 0 Å². The average molecular weight is 227 g/mol. The Kier molecular flexibility index (Phi) is 5.81. The molecule has 1 aliphatic rings. The lowest BCUT2D eigenvalue weighted by Gasteiger charge is -2.28. The number of aliphatic hydroxyl groups excluding tert-OH is 1. The SMILES string of the molecule is CCC(CC)CC(=O)NC1CCCCC1O. The van der Waals surface area contributed by atoms with Gasteiger partial charge in [0.15, 0.2) is 0 Å². The Labute approximate surface area is 98.6 Å². The maximum absolute atomic E-state index is 11.8. The van der Waals surface area contributed by atoms with Crippen LogP contribution in [0.5, 0.6) is 0 Å². The molecule has 0 aliphatic heterocycles. The molecule has 3 nitrogen and oxygen atoms in total. The lowest BCUT2D eigenvalue weighted by molar-refractivity contribution is -0.124.